The minimum atomic E-state index is -0.599. The fourth-order valence-corrected chi connectivity index (χ4v) is 2.22. The van der Waals surface area contributed by atoms with Crippen molar-refractivity contribution in [2.24, 2.45) is 0 Å². The molecule has 0 aliphatic carbocycles. The number of carbonyl (C=O) groups is 2. The summed E-state index contributed by atoms with van der Waals surface area (Å²) in [6.45, 7) is 11.9. The van der Waals surface area contributed by atoms with Gasteiger partial charge in [-0.1, -0.05) is 30.3 Å². The third-order valence-electron chi connectivity index (χ3n) is 3.12. The molecule has 0 aliphatic rings. The van der Waals surface area contributed by atoms with E-state index in [1.165, 1.54) is 0 Å². The summed E-state index contributed by atoms with van der Waals surface area (Å²) in [5.41, 5.74) is -0.0379. The molecule has 1 amide bonds. The van der Waals surface area contributed by atoms with Crippen LogP contribution in [0.15, 0.2) is 30.3 Å². The number of rotatable bonds is 7. The molecule has 0 heterocycles. The van der Waals surface area contributed by atoms with Crippen LogP contribution in [0.3, 0.4) is 0 Å². The van der Waals surface area contributed by atoms with Crippen molar-refractivity contribution in [3.8, 4) is 0 Å². The molecule has 0 spiro atoms. The molecule has 1 aromatic carbocycles. The van der Waals surface area contributed by atoms with Gasteiger partial charge in [-0.2, -0.15) is 0 Å². The lowest BCUT2D eigenvalue weighted by Crippen LogP contribution is -2.45. The summed E-state index contributed by atoms with van der Waals surface area (Å²) in [4.78, 5) is 24.2. The van der Waals surface area contributed by atoms with Crippen LogP contribution in [0.5, 0.6) is 0 Å². The van der Waals surface area contributed by atoms with Gasteiger partial charge in [-0.05, 0) is 47.1 Å². The van der Waals surface area contributed by atoms with Crippen LogP contribution in [0.2, 0.25) is 0 Å². The van der Waals surface area contributed by atoms with Crippen LogP contribution in [0.1, 0.15) is 53.5 Å². The summed E-state index contributed by atoms with van der Waals surface area (Å²) in [5, 5.41) is 6.01. The number of alkyl carbamates (subject to hydrolysis) is 1. The Morgan fingerprint density at radius 3 is 2.08 bits per heavy atom. The van der Waals surface area contributed by atoms with E-state index in [0.717, 1.165) is 5.56 Å². The highest BCUT2D eigenvalue weighted by molar-refractivity contribution is 5.73. The van der Waals surface area contributed by atoms with Gasteiger partial charge in [-0.3, -0.25) is 4.79 Å². The molecule has 26 heavy (non-hydrogen) atoms. The summed E-state index contributed by atoms with van der Waals surface area (Å²) in [6, 6.07) is 9.48. The van der Waals surface area contributed by atoms with E-state index in [4.69, 9.17) is 9.47 Å². The first-order valence-corrected chi connectivity index (χ1v) is 8.90. The number of nitrogens with one attached hydrogen (secondary N) is 2. The molecule has 6 heteroatoms. The third-order valence-corrected chi connectivity index (χ3v) is 3.12. The van der Waals surface area contributed by atoms with Crippen molar-refractivity contribution in [2.75, 3.05) is 6.54 Å². The largest absolute Gasteiger partial charge is 0.460 e. The van der Waals surface area contributed by atoms with Crippen molar-refractivity contribution < 1.29 is 19.1 Å². The molecule has 1 aromatic rings. The highest BCUT2D eigenvalue weighted by atomic mass is 16.6. The number of carbonyl (C=O) groups excluding carboxylic acids is 2. The zero-order valence-corrected chi connectivity index (χ0v) is 16.7. The lowest BCUT2D eigenvalue weighted by atomic mass is 10.1. The van der Waals surface area contributed by atoms with Crippen LogP contribution < -0.4 is 10.6 Å². The SMILES string of the molecule is CC(C)(C)OC(=O)CC(CNCc1ccccc1)NC(=O)OC(C)(C)C. The second kappa shape index (κ2) is 9.57. The summed E-state index contributed by atoms with van der Waals surface area (Å²) < 4.78 is 10.6. The lowest BCUT2D eigenvalue weighted by molar-refractivity contribution is -0.155. The molecule has 0 aliphatic heterocycles. The van der Waals surface area contributed by atoms with Crippen molar-refractivity contribution >= 4 is 12.1 Å². The van der Waals surface area contributed by atoms with Gasteiger partial charge in [0.1, 0.15) is 11.2 Å². The number of amides is 1. The molecule has 0 saturated heterocycles. The quantitative estimate of drug-likeness (QED) is 0.725. The first-order valence-electron chi connectivity index (χ1n) is 8.90. The molecule has 0 fully saturated rings. The van der Waals surface area contributed by atoms with Gasteiger partial charge < -0.3 is 20.1 Å². The summed E-state index contributed by atoms with van der Waals surface area (Å²) in [7, 11) is 0. The Morgan fingerprint density at radius 2 is 1.54 bits per heavy atom. The van der Waals surface area contributed by atoms with Gasteiger partial charge in [-0.25, -0.2) is 4.79 Å². The lowest BCUT2D eigenvalue weighted by Gasteiger charge is -2.25. The fraction of sp³-hybridized carbons (Fsp3) is 0.600. The third kappa shape index (κ3) is 10.7. The minimum absolute atomic E-state index is 0.0678. The molecule has 1 rings (SSSR count). The molecule has 146 valence electrons. The molecule has 0 aromatic heterocycles. The van der Waals surface area contributed by atoms with Crippen LogP contribution >= 0.6 is 0 Å². The first-order chi connectivity index (χ1) is 11.9. The molecule has 0 bridgehead atoms. The van der Waals surface area contributed by atoms with Crippen LogP contribution in [0.25, 0.3) is 0 Å². The van der Waals surface area contributed by atoms with Crippen molar-refractivity contribution in [2.45, 2.75) is 71.8 Å². The molecule has 1 atom stereocenters. The minimum Gasteiger partial charge on any atom is -0.460 e. The van der Waals surface area contributed by atoms with E-state index < -0.39 is 23.3 Å². The van der Waals surface area contributed by atoms with Gasteiger partial charge in [0.2, 0.25) is 0 Å². The van der Waals surface area contributed by atoms with E-state index in [1.54, 1.807) is 20.8 Å². The van der Waals surface area contributed by atoms with E-state index >= 15 is 0 Å². The Labute approximate surface area is 156 Å². The van der Waals surface area contributed by atoms with E-state index in [9.17, 15) is 9.59 Å². The molecule has 0 radical (unpaired) electrons. The van der Waals surface area contributed by atoms with Crippen LogP contribution in [0.4, 0.5) is 4.79 Å². The zero-order chi connectivity index (χ0) is 19.8. The van der Waals surface area contributed by atoms with Gasteiger partial charge in [-0.15, -0.1) is 0 Å². The second-order valence-electron chi connectivity index (χ2n) is 8.25. The van der Waals surface area contributed by atoms with Crippen molar-refractivity contribution in [1.82, 2.24) is 10.6 Å². The highest BCUT2D eigenvalue weighted by Crippen LogP contribution is 2.11. The zero-order valence-electron chi connectivity index (χ0n) is 16.7. The Hall–Kier alpha value is -2.08. The van der Waals surface area contributed by atoms with Gasteiger partial charge in [0.15, 0.2) is 0 Å². The van der Waals surface area contributed by atoms with Crippen LogP contribution in [0, 0.1) is 0 Å². The summed E-state index contributed by atoms with van der Waals surface area (Å²) in [6.07, 6.45) is -0.481. The number of hydrogen-bond donors (Lipinski definition) is 2. The summed E-state index contributed by atoms with van der Waals surface area (Å²) >= 11 is 0. The van der Waals surface area contributed by atoms with Crippen molar-refractivity contribution in [1.29, 1.82) is 0 Å². The maximum absolute atomic E-state index is 12.1. The van der Waals surface area contributed by atoms with E-state index in [-0.39, 0.29) is 12.4 Å². The number of benzene rings is 1. The number of ether oxygens (including phenoxy) is 2. The fourth-order valence-electron chi connectivity index (χ4n) is 2.22. The first kappa shape index (κ1) is 22.0. The van der Waals surface area contributed by atoms with E-state index in [0.29, 0.717) is 13.1 Å². The van der Waals surface area contributed by atoms with Crippen molar-refractivity contribution in [3.05, 3.63) is 35.9 Å². The average Bonchev–Trinajstić information content (AvgIpc) is 2.44. The summed E-state index contributed by atoms with van der Waals surface area (Å²) in [5.74, 6) is -0.361. The van der Waals surface area contributed by atoms with Gasteiger partial charge >= 0.3 is 12.1 Å². The van der Waals surface area contributed by atoms with E-state index in [2.05, 4.69) is 10.6 Å². The smallest absolute Gasteiger partial charge is 0.407 e. The normalized spacial score (nSPS) is 13.0. The Morgan fingerprint density at radius 1 is 0.962 bits per heavy atom. The van der Waals surface area contributed by atoms with Gasteiger partial charge in [0, 0.05) is 13.1 Å². The molecule has 6 nitrogen and oxygen atoms in total. The van der Waals surface area contributed by atoms with Gasteiger partial charge in [0.05, 0.1) is 12.5 Å². The Bertz CT molecular complexity index is 544. The predicted molar refractivity (Wildman–Crippen MR) is 102 cm³/mol. The van der Waals surface area contributed by atoms with Crippen molar-refractivity contribution in [3.63, 3.8) is 0 Å². The predicted octanol–water partition coefficient (Wildman–Crippen LogP) is 3.40. The Kier molecular flexibility index (Phi) is 8.08. The second-order valence-corrected chi connectivity index (χ2v) is 8.25. The van der Waals surface area contributed by atoms with Gasteiger partial charge in [0.25, 0.3) is 0 Å². The maximum atomic E-state index is 12.1. The molecule has 0 saturated carbocycles. The average molecular weight is 364 g/mol. The molecule has 2 N–H and O–H groups in total. The molecular weight excluding hydrogens is 332 g/mol. The monoisotopic (exact) mass is 364 g/mol. The topological polar surface area (TPSA) is 76.7 Å². The highest BCUT2D eigenvalue weighted by Gasteiger charge is 2.24. The Balaban J connectivity index is 2.61. The maximum Gasteiger partial charge on any atom is 0.407 e. The number of esters is 1. The number of hydrogen-bond acceptors (Lipinski definition) is 5. The van der Waals surface area contributed by atoms with E-state index in [1.807, 2.05) is 51.1 Å². The molecule has 1 unspecified atom stereocenters. The van der Waals surface area contributed by atoms with Crippen LogP contribution in [-0.2, 0) is 20.8 Å². The molecular formula is C20H32N2O4. The standard InChI is InChI=1S/C20H32N2O4/c1-19(2,3)25-17(23)12-16(22-18(24)26-20(4,5)6)14-21-13-15-10-8-7-9-11-15/h7-11,16,21H,12-14H2,1-6H3,(H,22,24). The van der Waals surface area contributed by atoms with Crippen LogP contribution in [-0.4, -0.2) is 35.9 Å².